The molecule has 1 N–H and O–H groups in total. The number of nitrogens with zero attached hydrogens (tertiary/aromatic N) is 1. The molecule has 1 heterocycles. The van der Waals surface area contributed by atoms with Crippen molar-refractivity contribution in [2.45, 2.75) is 17.5 Å². The quantitative estimate of drug-likeness (QED) is 0.861. The molecule has 0 unspecified atom stereocenters. The summed E-state index contributed by atoms with van der Waals surface area (Å²) in [5.41, 5.74) is 1.87. The van der Waals surface area contributed by atoms with Crippen molar-refractivity contribution in [3.8, 4) is 0 Å². The Kier molecular flexibility index (Phi) is 4.52. The van der Waals surface area contributed by atoms with Gasteiger partial charge in [0, 0.05) is 18.6 Å². The van der Waals surface area contributed by atoms with E-state index in [-0.39, 0.29) is 11.6 Å². The van der Waals surface area contributed by atoms with Crippen LogP contribution in [-0.2, 0) is 22.4 Å². The first-order valence-electron chi connectivity index (χ1n) is 5.66. The van der Waals surface area contributed by atoms with Crippen molar-refractivity contribution >= 4 is 21.6 Å². The number of nitrogens with one attached hydrogen (secondary N) is 1. The predicted molar refractivity (Wildman–Crippen MR) is 74.3 cm³/mol. The molecule has 2 rings (SSSR count). The van der Waals surface area contributed by atoms with Gasteiger partial charge in [-0.25, -0.2) is 18.1 Å². The van der Waals surface area contributed by atoms with Crippen LogP contribution in [0.5, 0.6) is 0 Å². The number of halogens is 1. The van der Waals surface area contributed by atoms with E-state index in [2.05, 4.69) is 9.71 Å². The highest BCUT2D eigenvalue weighted by atomic mass is 35.5. The Balaban J connectivity index is 2.05. The lowest BCUT2D eigenvalue weighted by atomic mass is 10.1. The first kappa shape index (κ1) is 14.0. The standard InChI is InChI=1S/C13H13ClN2O2S/c14-9-11-4-6-12(7-5-11)10-16-19(17,18)13-3-1-2-8-15-13/h1-8,16H,9-10H2. The number of sulfonamides is 1. The minimum absolute atomic E-state index is 0.0207. The van der Waals surface area contributed by atoms with Crippen LogP contribution < -0.4 is 4.72 Å². The van der Waals surface area contributed by atoms with Gasteiger partial charge in [0.2, 0.25) is 0 Å². The van der Waals surface area contributed by atoms with Crippen LogP contribution in [-0.4, -0.2) is 13.4 Å². The maximum absolute atomic E-state index is 11.9. The molecule has 0 aliphatic carbocycles. The first-order chi connectivity index (χ1) is 9.12. The van der Waals surface area contributed by atoms with Gasteiger partial charge in [0.05, 0.1) is 0 Å². The summed E-state index contributed by atoms with van der Waals surface area (Å²) < 4.78 is 26.4. The Morgan fingerprint density at radius 1 is 1.05 bits per heavy atom. The normalized spacial score (nSPS) is 11.4. The van der Waals surface area contributed by atoms with Gasteiger partial charge >= 0.3 is 0 Å². The van der Waals surface area contributed by atoms with Crippen LogP contribution >= 0.6 is 11.6 Å². The molecular formula is C13H13ClN2O2S. The fourth-order valence-corrected chi connectivity index (χ4v) is 2.64. The Labute approximate surface area is 117 Å². The largest absolute Gasteiger partial charge is 0.258 e. The molecule has 0 amide bonds. The highest BCUT2D eigenvalue weighted by molar-refractivity contribution is 7.89. The third-order valence-electron chi connectivity index (χ3n) is 2.56. The van der Waals surface area contributed by atoms with Crippen LogP contribution in [0.15, 0.2) is 53.7 Å². The van der Waals surface area contributed by atoms with Crippen molar-refractivity contribution in [2.24, 2.45) is 0 Å². The summed E-state index contributed by atoms with van der Waals surface area (Å²) in [5, 5.41) is 0.0207. The van der Waals surface area contributed by atoms with E-state index in [1.807, 2.05) is 24.3 Å². The van der Waals surface area contributed by atoms with Crippen LogP contribution in [0.3, 0.4) is 0 Å². The summed E-state index contributed by atoms with van der Waals surface area (Å²) in [6.07, 6.45) is 1.45. The molecule has 0 radical (unpaired) electrons. The van der Waals surface area contributed by atoms with Gasteiger partial charge in [-0.1, -0.05) is 30.3 Å². The topological polar surface area (TPSA) is 59.1 Å². The number of alkyl halides is 1. The Bertz CT molecular complexity index is 627. The van der Waals surface area contributed by atoms with Crippen LogP contribution in [0.25, 0.3) is 0 Å². The molecule has 100 valence electrons. The summed E-state index contributed by atoms with van der Waals surface area (Å²) in [6.45, 7) is 0.224. The maximum atomic E-state index is 11.9. The number of hydrogen-bond donors (Lipinski definition) is 1. The number of hydrogen-bond acceptors (Lipinski definition) is 3. The number of benzene rings is 1. The molecule has 0 bridgehead atoms. The van der Waals surface area contributed by atoms with Crippen molar-refractivity contribution in [3.63, 3.8) is 0 Å². The van der Waals surface area contributed by atoms with Crippen LogP contribution in [0.4, 0.5) is 0 Å². The van der Waals surface area contributed by atoms with Crippen LogP contribution in [0.1, 0.15) is 11.1 Å². The van der Waals surface area contributed by atoms with E-state index in [9.17, 15) is 8.42 Å². The zero-order chi connectivity index (χ0) is 13.7. The fraction of sp³-hybridized carbons (Fsp3) is 0.154. The second kappa shape index (κ2) is 6.14. The molecule has 4 nitrogen and oxygen atoms in total. The van der Waals surface area contributed by atoms with Crippen LogP contribution in [0.2, 0.25) is 0 Å². The molecule has 0 fully saturated rings. The molecule has 0 saturated heterocycles. The highest BCUT2D eigenvalue weighted by Crippen LogP contribution is 2.08. The fourth-order valence-electron chi connectivity index (χ4n) is 1.50. The molecule has 2 aromatic rings. The summed E-state index contributed by atoms with van der Waals surface area (Å²) >= 11 is 5.69. The van der Waals surface area contributed by atoms with Crippen molar-refractivity contribution in [2.75, 3.05) is 0 Å². The highest BCUT2D eigenvalue weighted by Gasteiger charge is 2.14. The average molecular weight is 297 g/mol. The Morgan fingerprint density at radius 2 is 1.74 bits per heavy atom. The van der Waals surface area contributed by atoms with E-state index < -0.39 is 10.0 Å². The minimum atomic E-state index is -3.56. The van der Waals surface area contributed by atoms with Crippen molar-refractivity contribution in [3.05, 3.63) is 59.8 Å². The van der Waals surface area contributed by atoms with Crippen molar-refractivity contribution in [1.82, 2.24) is 9.71 Å². The van der Waals surface area contributed by atoms with Crippen LogP contribution in [0, 0.1) is 0 Å². The summed E-state index contributed by atoms with van der Waals surface area (Å²) in [7, 11) is -3.56. The number of rotatable bonds is 5. The average Bonchev–Trinajstić information content (AvgIpc) is 2.47. The maximum Gasteiger partial charge on any atom is 0.258 e. The predicted octanol–water partition coefficient (Wildman–Crippen LogP) is 2.30. The second-order valence-corrected chi connectivity index (χ2v) is 5.92. The third kappa shape index (κ3) is 3.76. The third-order valence-corrected chi connectivity index (χ3v) is 4.18. The van der Waals surface area contributed by atoms with E-state index in [1.54, 1.807) is 12.1 Å². The molecule has 6 heteroatoms. The van der Waals surface area contributed by atoms with Crippen molar-refractivity contribution in [1.29, 1.82) is 0 Å². The molecule has 19 heavy (non-hydrogen) atoms. The summed E-state index contributed by atoms with van der Waals surface area (Å²) in [5.74, 6) is 0.444. The monoisotopic (exact) mass is 296 g/mol. The molecule has 0 aliphatic rings. The van der Waals surface area contributed by atoms with E-state index >= 15 is 0 Å². The Hall–Kier alpha value is -1.43. The van der Waals surface area contributed by atoms with Gasteiger partial charge in [-0.05, 0) is 23.3 Å². The van der Waals surface area contributed by atoms with E-state index in [4.69, 9.17) is 11.6 Å². The lowest BCUT2D eigenvalue weighted by Gasteiger charge is -2.06. The zero-order valence-electron chi connectivity index (χ0n) is 10.1. The molecular weight excluding hydrogens is 284 g/mol. The van der Waals surface area contributed by atoms with Gasteiger partial charge in [0.1, 0.15) is 0 Å². The summed E-state index contributed by atoms with van der Waals surface area (Å²) in [4.78, 5) is 3.82. The molecule has 1 aromatic carbocycles. The SMILES string of the molecule is O=S(=O)(NCc1ccc(CCl)cc1)c1ccccn1. The smallest absolute Gasteiger partial charge is 0.243 e. The number of pyridine rings is 1. The molecule has 0 saturated carbocycles. The van der Waals surface area contributed by atoms with Gasteiger partial charge in [-0.3, -0.25) is 0 Å². The zero-order valence-corrected chi connectivity index (χ0v) is 11.7. The van der Waals surface area contributed by atoms with E-state index in [1.165, 1.54) is 12.3 Å². The molecule has 1 aromatic heterocycles. The van der Waals surface area contributed by atoms with Crippen molar-refractivity contribution < 1.29 is 8.42 Å². The van der Waals surface area contributed by atoms with Gasteiger partial charge in [0.15, 0.2) is 5.03 Å². The van der Waals surface area contributed by atoms with E-state index in [0.29, 0.717) is 5.88 Å². The lowest BCUT2D eigenvalue weighted by molar-refractivity contribution is 0.577. The summed E-state index contributed by atoms with van der Waals surface area (Å²) in [6, 6.07) is 12.2. The van der Waals surface area contributed by atoms with Gasteiger partial charge < -0.3 is 0 Å². The molecule has 0 aliphatic heterocycles. The van der Waals surface area contributed by atoms with E-state index in [0.717, 1.165) is 11.1 Å². The minimum Gasteiger partial charge on any atom is -0.243 e. The lowest BCUT2D eigenvalue weighted by Crippen LogP contribution is -2.24. The first-order valence-corrected chi connectivity index (χ1v) is 7.68. The van der Waals surface area contributed by atoms with Gasteiger partial charge in [-0.15, -0.1) is 11.6 Å². The van der Waals surface area contributed by atoms with Gasteiger partial charge in [0.25, 0.3) is 10.0 Å². The number of aromatic nitrogens is 1. The molecule has 0 spiro atoms. The Morgan fingerprint density at radius 3 is 2.32 bits per heavy atom. The molecule has 0 atom stereocenters. The van der Waals surface area contributed by atoms with Gasteiger partial charge in [-0.2, -0.15) is 0 Å². The second-order valence-electron chi connectivity index (χ2n) is 3.94.